The van der Waals surface area contributed by atoms with E-state index in [1.807, 2.05) is 0 Å². The molecule has 0 heterocycles. The van der Waals surface area contributed by atoms with Gasteiger partial charge in [0.15, 0.2) is 0 Å². The molecule has 18 heavy (non-hydrogen) atoms. The topological polar surface area (TPSA) is 29.1 Å². The van der Waals surface area contributed by atoms with Crippen LogP contribution in [0.4, 0.5) is 14.5 Å². The molecule has 92 valence electrons. The summed E-state index contributed by atoms with van der Waals surface area (Å²) in [5.41, 5.74) is 1.00. The van der Waals surface area contributed by atoms with Gasteiger partial charge in [-0.25, -0.2) is 8.78 Å². The summed E-state index contributed by atoms with van der Waals surface area (Å²) in [5, 5.41) is 2.50. The van der Waals surface area contributed by atoms with Crippen molar-refractivity contribution in [2.45, 2.75) is 6.92 Å². The predicted molar refractivity (Wildman–Crippen MR) is 65.5 cm³/mol. The van der Waals surface area contributed by atoms with Crippen LogP contribution in [0.1, 0.15) is 15.9 Å². The second kappa shape index (κ2) is 4.96. The van der Waals surface area contributed by atoms with Crippen molar-refractivity contribution in [3.8, 4) is 0 Å². The number of hydrogen-bond donors (Lipinski definition) is 1. The van der Waals surface area contributed by atoms with Crippen molar-refractivity contribution in [1.82, 2.24) is 0 Å². The molecule has 0 aliphatic rings. The lowest BCUT2D eigenvalue weighted by Gasteiger charge is -2.06. The smallest absolute Gasteiger partial charge is 0.255 e. The van der Waals surface area contributed by atoms with Gasteiger partial charge in [-0.3, -0.25) is 4.79 Å². The minimum absolute atomic E-state index is 0.197. The maximum Gasteiger partial charge on any atom is 0.255 e. The van der Waals surface area contributed by atoms with E-state index in [2.05, 4.69) is 5.32 Å². The molecule has 0 radical (unpaired) electrons. The monoisotopic (exact) mass is 247 g/mol. The third-order valence-corrected chi connectivity index (χ3v) is 2.52. The number of amides is 1. The van der Waals surface area contributed by atoms with Crippen LogP contribution in [0, 0.1) is 18.6 Å². The number of hydrogen-bond acceptors (Lipinski definition) is 1. The molecule has 4 heteroatoms. The second-order valence-electron chi connectivity index (χ2n) is 3.93. The molecular weight excluding hydrogens is 236 g/mol. The fourth-order valence-electron chi connectivity index (χ4n) is 1.50. The maximum absolute atomic E-state index is 13.3. The zero-order chi connectivity index (χ0) is 13.1. The summed E-state index contributed by atoms with van der Waals surface area (Å²) >= 11 is 0. The van der Waals surface area contributed by atoms with Crippen molar-refractivity contribution in [2.75, 3.05) is 5.32 Å². The van der Waals surface area contributed by atoms with Crippen LogP contribution in [0.5, 0.6) is 0 Å². The van der Waals surface area contributed by atoms with Crippen LogP contribution in [0.2, 0.25) is 0 Å². The molecule has 0 aliphatic carbocycles. The Morgan fingerprint density at radius 1 is 1.11 bits per heavy atom. The van der Waals surface area contributed by atoms with E-state index in [1.165, 1.54) is 30.3 Å². The van der Waals surface area contributed by atoms with E-state index >= 15 is 0 Å². The first-order valence-electron chi connectivity index (χ1n) is 5.39. The highest BCUT2D eigenvalue weighted by Crippen LogP contribution is 2.13. The summed E-state index contributed by atoms with van der Waals surface area (Å²) in [6.07, 6.45) is 0. The molecular formula is C14H11F2NO. The fraction of sp³-hybridized carbons (Fsp3) is 0.0714. The molecule has 2 nitrogen and oxygen atoms in total. The van der Waals surface area contributed by atoms with Crippen LogP contribution in [-0.2, 0) is 0 Å². The van der Waals surface area contributed by atoms with Crippen LogP contribution in [0.15, 0.2) is 42.5 Å². The Labute approximate surface area is 103 Å². The number of anilines is 1. The Hall–Kier alpha value is -2.23. The molecule has 1 N–H and O–H groups in total. The molecule has 0 bridgehead atoms. The second-order valence-corrected chi connectivity index (χ2v) is 3.93. The molecule has 0 fully saturated rings. The Morgan fingerprint density at radius 2 is 1.89 bits per heavy atom. The highest BCUT2D eigenvalue weighted by Gasteiger charge is 2.08. The molecule has 2 rings (SSSR count). The van der Waals surface area contributed by atoms with E-state index in [9.17, 15) is 13.6 Å². The quantitative estimate of drug-likeness (QED) is 0.864. The maximum atomic E-state index is 13.3. The molecule has 2 aromatic rings. The standard InChI is InChI=1S/C14H11F2NO/c1-9-5-6-10(7-13(9)16)14(18)17-12-4-2-3-11(15)8-12/h2-8H,1H3,(H,17,18). The molecule has 2 aromatic carbocycles. The zero-order valence-corrected chi connectivity index (χ0v) is 9.71. The van der Waals surface area contributed by atoms with E-state index in [0.717, 1.165) is 6.07 Å². The van der Waals surface area contributed by atoms with Crippen molar-refractivity contribution in [3.63, 3.8) is 0 Å². The lowest BCUT2D eigenvalue weighted by molar-refractivity contribution is 0.102. The summed E-state index contributed by atoms with van der Waals surface area (Å²) in [4.78, 5) is 11.8. The number of nitrogens with one attached hydrogen (secondary N) is 1. The summed E-state index contributed by atoms with van der Waals surface area (Å²) in [5.74, 6) is -1.36. The van der Waals surface area contributed by atoms with Crippen molar-refractivity contribution in [3.05, 3.63) is 65.2 Å². The van der Waals surface area contributed by atoms with Crippen molar-refractivity contribution in [2.24, 2.45) is 0 Å². The van der Waals surface area contributed by atoms with E-state index < -0.39 is 17.5 Å². The lowest BCUT2D eigenvalue weighted by atomic mass is 10.1. The van der Waals surface area contributed by atoms with Gasteiger partial charge >= 0.3 is 0 Å². The van der Waals surface area contributed by atoms with Crippen LogP contribution < -0.4 is 5.32 Å². The van der Waals surface area contributed by atoms with Gasteiger partial charge in [-0.1, -0.05) is 12.1 Å². The van der Waals surface area contributed by atoms with Gasteiger partial charge in [0.25, 0.3) is 5.91 Å². The molecule has 0 spiro atoms. The van der Waals surface area contributed by atoms with Gasteiger partial charge in [0, 0.05) is 11.3 Å². The number of rotatable bonds is 2. The Balaban J connectivity index is 2.19. The van der Waals surface area contributed by atoms with Gasteiger partial charge in [-0.15, -0.1) is 0 Å². The summed E-state index contributed by atoms with van der Waals surface area (Å²) in [6, 6.07) is 9.72. The fourth-order valence-corrected chi connectivity index (χ4v) is 1.50. The van der Waals surface area contributed by atoms with Crippen molar-refractivity contribution in [1.29, 1.82) is 0 Å². The van der Waals surface area contributed by atoms with Gasteiger partial charge in [-0.05, 0) is 42.8 Å². The van der Waals surface area contributed by atoms with Gasteiger partial charge in [0.2, 0.25) is 0 Å². The summed E-state index contributed by atoms with van der Waals surface area (Å²) in [6.45, 7) is 1.61. The zero-order valence-electron chi connectivity index (χ0n) is 9.71. The Bertz CT molecular complexity index is 596. The molecule has 1 amide bonds. The number of aryl methyl sites for hydroxylation is 1. The van der Waals surface area contributed by atoms with E-state index in [0.29, 0.717) is 11.3 Å². The third-order valence-electron chi connectivity index (χ3n) is 2.52. The molecule has 0 aromatic heterocycles. The first-order valence-corrected chi connectivity index (χ1v) is 5.39. The van der Waals surface area contributed by atoms with Gasteiger partial charge in [-0.2, -0.15) is 0 Å². The molecule has 0 saturated carbocycles. The predicted octanol–water partition coefficient (Wildman–Crippen LogP) is 3.53. The third kappa shape index (κ3) is 2.71. The SMILES string of the molecule is Cc1ccc(C(=O)Nc2cccc(F)c2)cc1F. The molecule has 0 unspecified atom stereocenters. The number of carbonyl (C=O) groups is 1. The van der Waals surface area contributed by atoms with Gasteiger partial charge in [0.1, 0.15) is 11.6 Å². The van der Waals surface area contributed by atoms with Crippen molar-refractivity contribution < 1.29 is 13.6 Å². The van der Waals surface area contributed by atoms with E-state index in [1.54, 1.807) is 13.0 Å². The highest BCUT2D eigenvalue weighted by molar-refractivity contribution is 6.04. The molecule has 0 atom stereocenters. The molecule has 0 aliphatic heterocycles. The summed E-state index contributed by atoms with van der Waals surface area (Å²) < 4.78 is 26.2. The minimum atomic E-state index is -0.473. The first kappa shape index (κ1) is 12.2. The van der Waals surface area contributed by atoms with Crippen molar-refractivity contribution >= 4 is 11.6 Å². The highest BCUT2D eigenvalue weighted by atomic mass is 19.1. The normalized spacial score (nSPS) is 10.2. The average molecular weight is 247 g/mol. The van der Waals surface area contributed by atoms with E-state index in [4.69, 9.17) is 0 Å². The summed E-state index contributed by atoms with van der Waals surface area (Å²) in [7, 11) is 0. The largest absolute Gasteiger partial charge is 0.322 e. The van der Waals surface area contributed by atoms with Crippen LogP contribution >= 0.6 is 0 Å². The van der Waals surface area contributed by atoms with Crippen LogP contribution in [-0.4, -0.2) is 5.91 Å². The Kier molecular flexibility index (Phi) is 3.37. The van der Waals surface area contributed by atoms with E-state index in [-0.39, 0.29) is 5.56 Å². The van der Waals surface area contributed by atoms with Gasteiger partial charge < -0.3 is 5.32 Å². The number of carbonyl (C=O) groups excluding carboxylic acids is 1. The number of halogens is 2. The Morgan fingerprint density at radius 3 is 2.56 bits per heavy atom. The molecule has 0 saturated heterocycles. The van der Waals surface area contributed by atoms with Crippen LogP contribution in [0.25, 0.3) is 0 Å². The average Bonchev–Trinajstić information content (AvgIpc) is 2.32. The van der Waals surface area contributed by atoms with Crippen LogP contribution in [0.3, 0.4) is 0 Å². The first-order chi connectivity index (χ1) is 8.56. The lowest BCUT2D eigenvalue weighted by Crippen LogP contribution is -2.12. The minimum Gasteiger partial charge on any atom is -0.322 e. The number of benzene rings is 2. The van der Waals surface area contributed by atoms with Gasteiger partial charge in [0.05, 0.1) is 0 Å².